The molecule has 0 spiro atoms. The van der Waals surface area contributed by atoms with Gasteiger partial charge in [0.05, 0.1) is 0 Å². The van der Waals surface area contributed by atoms with Crippen LogP contribution in [-0.4, -0.2) is 40.2 Å². The molecule has 1 atom stereocenters. The summed E-state index contributed by atoms with van der Waals surface area (Å²) in [5.74, 6) is 0.593. The van der Waals surface area contributed by atoms with Gasteiger partial charge in [-0.2, -0.15) is 0 Å². The molecule has 128 valence electrons. The molecule has 1 heterocycles. The third kappa shape index (κ3) is 5.20. The zero-order chi connectivity index (χ0) is 17.5. The minimum atomic E-state index is -1.27. The van der Waals surface area contributed by atoms with Gasteiger partial charge in [-0.3, -0.25) is 9.59 Å². The maximum atomic E-state index is 11.8. The first-order chi connectivity index (χ1) is 11.5. The number of amides is 1. The van der Waals surface area contributed by atoms with Crippen LogP contribution in [0.2, 0.25) is 0 Å². The maximum absolute atomic E-state index is 11.8. The van der Waals surface area contributed by atoms with Crippen LogP contribution >= 0.6 is 0 Å². The Hall–Kier alpha value is -2.67. The van der Waals surface area contributed by atoms with Crippen LogP contribution in [0.3, 0.4) is 0 Å². The van der Waals surface area contributed by atoms with Crippen LogP contribution in [0.1, 0.15) is 17.1 Å². The van der Waals surface area contributed by atoms with Crippen molar-refractivity contribution >= 4 is 5.91 Å². The lowest BCUT2D eigenvalue weighted by molar-refractivity contribution is -0.130. The smallest absolute Gasteiger partial charge is 0.252 e. The molecular weight excluding hydrogens is 310 g/mol. The highest BCUT2D eigenvalue weighted by Crippen LogP contribution is 2.16. The Bertz CT molecular complexity index is 757. The maximum Gasteiger partial charge on any atom is 0.252 e. The van der Waals surface area contributed by atoms with Crippen LogP contribution in [0.4, 0.5) is 0 Å². The van der Waals surface area contributed by atoms with Gasteiger partial charge in [-0.15, -0.1) is 0 Å². The topological polar surface area (TPSA) is 104 Å². The number of aliphatic hydroxyl groups is 1. The van der Waals surface area contributed by atoms with E-state index in [0.717, 1.165) is 5.56 Å². The molecule has 1 amide bonds. The fraction of sp³-hybridized carbons (Fsp3) is 0.353. The van der Waals surface area contributed by atoms with Crippen molar-refractivity contribution in [2.75, 3.05) is 13.2 Å². The van der Waals surface area contributed by atoms with Crippen molar-refractivity contribution in [2.45, 2.75) is 26.4 Å². The fourth-order valence-electron chi connectivity index (χ4n) is 2.14. The van der Waals surface area contributed by atoms with Crippen molar-refractivity contribution in [1.82, 2.24) is 15.3 Å². The second-order valence-corrected chi connectivity index (χ2v) is 5.47. The van der Waals surface area contributed by atoms with Gasteiger partial charge in [0.2, 0.25) is 0 Å². The van der Waals surface area contributed by atoms with Gasteiger partial charge in [0.1, 0.15) is 18.2 Å². The summed E-state index contributed by atoms with van der Waals surface area (Å²) in [4.78, 5) is 29.9. The zero-order valence-corrected chi connectivity index (χ0v) is 13.7. The Labute approximate surface area is 139 Å². The van der Waals surface area contributed by atoms with Gasteiger partial charge in [0, 0.05) is 24.7 Å². The largest absolute Gasteiger partial charge is 0.490 e. The van der Waals surface area contributed by atoms with Crippen molar-refractivity contribution in [1.29, 1.82) is 0 Å². The highest BCUT2D eigenvalue weighted by Gasteiger charge is 2.15. The predicted molar refractivity (Wildman–Crippen MR) is 89.0 cm³/mol. The van der Waals surface area contributed by atoms with Crippen molar-refractivity contribution in [2.24, 2.45) is 0 Å². The first kappa shape index (κ1) is 17.7. The van der Waals surface area contributed by atoms with Gasteiger partial charge >= 0.3 is 0 Å². The lowest BCUT2D eigenvalue weighted by Crippen LogP contribution is -2.39. The molecule has 1 aromatic carbocycles. The number of aryl methyl sites for hydroxylation is 2. The van der Waals surface area contributed by atoms with Gasteiger partial charge in [-0.25, -0.2) is 4.98 Å². The average Bonchev–Trinajstić information content (AvgIpc) is 2.52. The predicted octanol–water partition coefficient (Wildman–Crippen LogP) is 0.485. The Morgan fingerprint density at radius 1 is 1.38 bits per heavy atom. The Morgan fingerprint density at radius 3 is 2.83 bits per heavy atom. The molecular formula is C17H21N3O4. The second kappa shape index (κ2) is 8.26. The van der Waals surface area contributed by atoms with E-state index in [1.54, 1.807) is 13.0 Å². The number of benzene rings is 1. The first-order valence-corrected chi connectivity index (χ1v) is 7.67. The summed E-state index contributed by atoms with van der Waals surface area (Å²) < 4.78 is 5.45. The van der Waals surface area contributed by atoms with Gasteiger partial charge in [-0.05, 0) is 25.5 Å². The quantitative estimate of drug-likeness (QED) is 0.685. The van der Waals surface area contributed by atoms with Crippen molar-refractivity contribution in [3.63, 3.8) is 0 Å². The van der Waals surface area contributed by atoms with Crippen LogP contribution in [0.15, 0.2) is 35.1 Å². The summed E-state index contributed by atoms with van der Waals surface area (Å²) in [7, 11) is 0. The third-order valence-electron chi connectivity index (χ3n) is 3.37. The average molecular weight is 331 g/mol. The molecule has 0 aliphatic carbocycles. The number of hydrogen-bond acceptors (Lipinski definition) is 5. The molecule has 1 aromatic heterocycles. The number of nitrogens with zero attached hydrogens (tertiary/aromatic N) is 1. The van der Waals surface area contributed by atoms with Gasteiger partial charge < -0.3 is 20.1 Å². The minimum absolute atomic E-state index is 0.129. The number of aromatic amines is 1. The van der Waals surface area contributed by atoms with Gasteiger partial charge in [0.25, 0.3) is 11.5 Å². The third-order valence-corrected chi connectivity index (χ3v) is 3.37. The molecule has 0 bridgehead atoms. The Kier molecular flexibility index (Phi) is 6.08. The normalized spacial score (nSPS) is 11.8. The van der Waals surface area contributed by atoms with Crippen LogP contribution in [0.25, 0.3) is 0 Å². The Morgan fingerprint density at radius 2 is 2.12 bits per heavy atom. The molecule has 7 nitrogen and oxygen atoms in total. The molecule has 0 unspecified atom stereocenters. The van der Waals surface area contributed by atoms with E-state index in [-0.39, 0.29) is 18.7 Å². The van der Waals surface area contributed by atoms with Crippen LogP contribution in [0, 0.1) is 13.8 Å². The van der Waals surface area contributed by atoms with Crippen LogP contribution in [-0.2, 0) is 11.2 Å². The molecule has 3 N–H and O–H groups in total. The van der Waals surface area contributed by atoms with E-state index in [4.69, 9.17) is 4.74 Å². The van der Waals surface area contributed by atoms with Crippen LogP contribution < -0.4 is 15.6 Å². The van der Waals surface area contributed by atoms with Gasteiger partial charge in [-0.1, -0.05) is 18.2 Å². The zero-order valence-electron chi connectivity index (χ0n) is 13.7. The molecule has 2 aromatic rings. The van der Waals surface area contributed by atoms with E-state index in [0.29, 0.717) is 23.7 Å². The molecule has 0 aliphatic rings. The summed E-state index contributed by atoms with van der Waals surface area (Å²) in [5, 5.41) is 12.4. The number of H-pyrrole nitrogens is 1. The lowest BCUT2D eigenvalue weighted by Gasteiger charge is -2.14. The number of carbonyl (C=O) groups excluding carboxylic acids is 1. The molecule has 7 heteroatoms. The molecule has 0 radical (unpaired) electrons. The molecule has 24 heavy (non-hydrogen) atoms. The fourth-order valence-corrected chi connectivity index (χ4v) is 2.14. The number of ether oxygens (including phenoxy) is 1. The van der Waals surface area contributed by atoms with E-state index in [2.05, 4.69) is 15.3 Å². The van der Waals surface area contributed by atoms with E-state index < -0.39 is 12.0 Å². The highest BCUT2D eigenvalue weighted by molar-refractivity contribution is 5.80. The molecule has 0 fully saturated rings. The summed E-state index contributed by atoms with van der Waals surface area (Å²) in [6.07, 6.45) is -0.900. The van der Waals surface area contributed by atoms with Crippen molar-refractivity contribution in [3.8, 4) is 5.75 Å². The highest BCUT2D eigenvalue weighted by atomic mass is 16.5. The van der Waals surface area contributed by atoms with E-state index >= 15 is 0 Å². The minimum Gasteiger partial charge on any atom is -0.490 e. The first-order valence-electron chi connectivity index (χ1n) is 7.67. The van der Waals surface area contributed by atoms with Crippen molar-refractivity contribution < 1.29 is 14.6 Å². The Balaban J connectivity index is 1.77. The summed E-state index contributed by atoms with van der Waals surface area (Å²) in [6.45, 7) is 3.74. The monoisotopic (exact) mass is 331 g/mol. The van der Waals surface area contributed by atoms with E-state index in [1.165, 1.54) is 6.07 Å². The summed E-state index contributed by atoms with van der Waals surface area (Å²) in [6, 6.07) is 8.77. The standard InChI is InChI=1S/C17H21N3O4/c1-11-5-3-4-6-14(11)24-10-13(21)17(23)18-8-7-15-19-12(2)9-16(22)20-15/h3-6,9,13,21H,7-8,10H2,1-2H3,(H,18,23)(H,19,20,22)/t13-/m0/s1. The SMILES string of the molecule is Cc1cc(=O)[nH]c(CCNC(=O)[C@@H](O)COc2ccccc2C)n1. The number of hydrogen-bond donors (Lipinski definition) is 3. The molecule has 0 saturated heterocycles. The number of carbonyl (C=O) groups is 1. The number of para-hydroxylation sites is 1. The second-order valence-electron chi connectivity index (χ2n) is 5.47. The van der Waals surface area contributed by atoms with E-state index in [9.17, 15) is 14.7 Å². The molecule has 2 rings (SSSR count). The summed E-state index contributed by atoms with van der Waals surface area (Å²) >= 11 is 0. The summed E-state index contributed by atoms with van der Waals surface area (Å²) in [5.41, 5.74) is 1.32. The molecule has 0 saturated carbocycles. The van der Waals surface area contributed by atoms with Crippen molar-refractivity contribution in [3.05, 3.63) is 57.8 Å². The number of rotatable bonds is 7. The van der Waals surface area contributed by atoms with E-state index in [1.807, 2.05) is 25.1 Å². The van der Waals surface area contributed by atoms with Gasteiger partial charge in [0.15, 0.2) is 6.10 Å². The number of nitrogens with one attached hydrogen (secondary N) is 2. The van der Waals surface area contributed by atoms with Crippen LogP contribution in [0.5, 0.6) is 5.75 Å². The number of aliphatic hydroxyl groups excluding tert-OH is 1. The number of aromatic nitrogens is 2. The molecule has 0 aliphatic heterocycles. The lowest BCUT2D eigenvalue weighted by atomic mass is 10.2.